The van der Waals surface area contributed by atoms with Crippen LogP contribution in [0, 0.1) is 5.82 Å². The molecule has 1 heterocycles. The van der Waals surface area contributed by atoms with Gasteiger partial charge in [0.1, 0.15) is 18.2 Å². The Kier molecular flexibility index (Phi) is 8.27. The third-order valence-electron chi connectivity index (χ3n) is 4.72. The molecule has 0 spiro atoms. The van der Waals surface area contributed by atoms with Crippen molar-refractivity contribution < 1.29 is 18.7 Å². The number of nitrogens with zero attached hydrogens (tertiary/aromatic N) is 1. The molecular weight excluding hydrogens is 373 g/mol. The Hall–Kier alpha value is -2.64. The lowest BCUT2D eigenvalue weighted by molar-refractivity contribution is 0.0322. The Morgan fingerprint density at radius 1 is 1.07 bits per heavy atom. The quantitative estimate of drug-likeness (QED) is 0.678. The lowest BCUT2D eigenvalue weighted by Gasteiger charge is -2.26. The largest absolute Gasteiger partial charge is 0.492 e. The summed E-state index contributed by atoms with van der Waals surface area (Å²) in [7, 11) is 0. The predicted octanol–water partition coefficient (Wildman–Crippen LogP) is 2.58. The Balaban J connectivity index is 1.34. The number of amides is 2. The van der Waals surface area contributed by atoms with E-state index < -0.39 is 0 Å². The summed E-state index contributed by atoms with van der Waals surface area (Å²) in [6.45, 7) is 5.81. The highest BCUT2D eigenvalue weighted by atomic mass is 19.1. The second-order valence-electron chi connectivity index (χ2n) is 6.94. The zero-order valence-corrected chi connectivity index (χ0v) is 16.5. The first-order valence-corrected chi connectivity index (χ1v) is 9.97. The molecule has 1 fully saturated rings. The summed E-state index contributed by atoms with van der Waals surface area (Å²) in [4.78, 5) is 14.3. The third-order valence-corrected chi connectivity index (χ3v) is 4.72. The van der Waals surface area contributed by atoms with Gasteiger partial charge >= 0.3 is 6.03 Å². The first-order valence-electron chi connectivity index (χ1n) is 9.97. The van der Waals surface area contributed by atoms with Crippen molar-refractivity contribution in [1.82, 2.24) is 15.5 Å². The van der Waals surface area contributed by atoms with Gasteiger partial charge < -0.3 is 20.1 Å². The van der Waals surface area contributed by atoms with Crippen molar-refractivity contribution >= 4 is 6.03 Å². The zero-order valence-electron chi connectivity index (χ0n) is 16.5. The van der Waals surface area contributed by atoms with E-state index in [0.29, 0.717) is 26.1 Å². The van der Waals surface area contributed by atoms with Crippen LogP contribution >= 0.6 is 0 Å². The van der Waals surface area contributed by atoms with Crippen LogP contribution in [0.2, 0.25) is 0 Å². The van der Waals surface area contributed by atoms with Gasteiger partial charge in [-0.05, 0) is 41.8 Å². The van der Waals surface area contributed by atoms with Crippen molar-refractivity contribution in [2.24, 2.45) is 0 Å². The summed E-state index contributed by atoms with van der Waals surface area (Å²) in [6, 6.07) is 13.9. The van der Waals surface area contributed by atoms with E-state index in [2.05, 4.69) is 15.5 Å². The number of morpholine rings is 1. The summed E-state index contributed by atoms with van der Waals surface area (Å²) in [5.74, 6) is 0.531. The van der Waals surface area contributed by atoms with Gasteiger partial charge in [-0.1, -0.05) is 24.3 Å². The van der Waals surface area contributed by atoms with Crippen molar-refractivity contribution in [1.29, 1.82) is 0 Å². The number of carbonyl (C=O) groups excluding carboxylic acids is 1. The molecule has 1 saturated heterocycles. The van der Waals surface area contributed by atoms with Crippen LogP contribution in [-0.4, -0.2) is 56.9 Å². The molecule has 0 aromatic heterocycles. The van der Waals surface area contributed by atoms with Gasteiger partial charge in [-0.15, -0.1) is 0 Å². The first-order chi connectivity index (χ1) is 14.2. The van der Waals surface area contributed by atoms with Crippen LogP contribution in [0.5, 0.6) is 5.75 Å². The maximum atomic E-state index is 13.1. The number of halogens is 1. The van der Waals surface area contributed by atoms with Gasteiger partial charge in [0.15, 0.2) is 0 Å². The number of hydrogen-bond acceptors (Lipinski definition) is 4. The van der Waals surface area contributed by atoms with Crippen molar-refractivity contribution in [3.63, 3.8) is 0 Å². The van der Waals surface area contributed by atoms with Gasteiger partial charge in [-0.25, -0.2) is 9.18 Å². The van der Waals surface area contributed by atoms with E-state index in [4.69, 9.17) is 9.47 Å². The first kappa shape index (κ1) is 21.1. The van der Waals surface area contributed by atoms with Crippen LogP contribution in [0.25, 0.3) is 0 Å². The van der Waals surface area contributed by atoms with E-state index in [1.54, 1.807) is 6.07 Å². The van der Waals surface area contributed by atoms with Gasteiger partial charge in [0.2, 0.25) is 0 Å². The highest BCUT2D eigenvalue weighted by molar-refractivity contribution is 5.73. The van der Waals surface area contributed by atoms with Crippen LogP contribution in [0.3, 0.4) is 0 Å². The second kappa shape index (κ2) is 11.4. The molecule has 2 aromatic carbocycles. The van der Waals surface area contributed by atoms with Gasteiger partial charge in [-0.3, -0.25) is 4.90 Å². The molecule has 0 atom stereocenters. The summed E-state index contributed by atoms with van der Waals surface area (Å²) in [6.07, 6.45) is 0.581. The number of urea groups is 1. The normalized spacial score (nSPS) is 14.4. The summed E-state index contributed by atoms with van der Waals surface area (Å²) >= 11 is 0. The fourth-order valence-corrected chi connectivity index (χ4v) is 3.12. The third kappa shape index (κ3) is 7.71. The second-order valence-corrected chi connectivity index (χ2v) is 6.94. The van der Waals surface area contributed by atoms with Crippen LogP contribution in [0.15, 0.2) is 48.5 Å². The molecule has 0 bridgehead atoms. The zero-order chi connectivity index (χ0) is 20.3. The molecule has 0 unspecified atom stereocenters. The van der Waals surface area contributed by atoms with E-state index in [9.17, 15) is 9.18 Å². The molecule has 156 valence electrons. The van der Waals surface area contributed by atoms with Crippen LogP contribution in [0.4, 0.5) is 9.18 Å². The van der Waals surface area contributed by atoms with E-state index >= 15 is 0 Å². The van der Waals surface area contributed by atoms with E-state index in [-0.39, 0.29) is 11.8 Å². The standard InChI is InChI=1S/C22H28FN3O3/c23-20-5-1-3-18(15-20)7-8-24-22(27)25-17-19-4-2-6-21(16-19)29-14-11-26-9-12-28-13-10-26/h1-6,15-16H,7-14,17H2,(H2,24,25,27). The molecule has 1 aliphatic heterocycles. The van der Waals surface area contributed by atoms with Crippen LogP contribution < -0.4 is 15.4 Å². The van der Waals surface area contributed by atoms with Crippen molar-refractivity contribution in [2.45, 2.75) is 13.0 Å². The summed E-state index contributed by atoms with van der Waals surface area (Å²) < 4.78 is 24.3. The van der Waals surface area contributed by atoms with Gasteiger partial charge in [0, 0.05) is 32.7 Å². The predicted molar refractivity (Wildman–Crippen MR) is 110 cm³/mol. The molecule has 7 heteroatoms. The number of ether oxygens (including phenoxy) is 2. The average molecular weight is 401 g/mol. The number of rotatable bonds is 9. The fraction of sp³-hybridized carbons (Fsp3) is 0.409. The lowest BCUT2D eigenvalue weighted by Crippen LogP contribution is -2.38. The van der Waals surface area contributed by atoms with Gasteiger partial charge in [0.05, 0.1) is 13.2 Å². The lowest BCUT2D eigenvalue weighted by atomic mass is 10.1. The SMILES string of the molecule is O=C(NCCc1cccc(F)c1)NCc1cccc(OCCN2CCOCC2)c1. The van der Waals surface area contributed by atoms with Crippen molar-refractivity contribution in [3.05, 3.63) is 65.5 Å². The minimum Gasteiger partial charge on any atom is -0.492 e. The fourth-order valence-electron chi connectivity index (χ4n) is 3.12. The molecule has 6 nitrogen and oxygen atoms in total. The van der Waals surface area contributed by atoms with Crippen LogP contribution in [-0.2, 0) is 17.7 Å². The highest BCUT2D eigenvalue weighted by Gasteiger charge is 2.10. The molecular formula is C22H28FN3O3. The Bertz CT molecular complexity index is 781. The minimum absolute atomic E-state index is 0.250. The molecule has 2 amide bonds. The van der Waals surface area contributed by atoms with Crippen molar-refractivity contribution in [3.8, 4) is 5.75 Å². The maximum absolute atomic E-state index is 13.1. The summed E-state index contributed by atoms with van der Waals surface area (Å²) in [5, 5.41) is 5.62. The summed E-state index contributed by atoms with van der Waals surface area (Å²) in [5.41, 5.74) is 1.82. The minimum atomic E-state index is -0.265. The van der Waals surface area contributed by atoms with Gasteiger partial charge in [-0.2, -0.15) is 0 Å². The van der Waals surface area contributed by atoms with E-state index in [0.717, 1.165) is 49.7 Å². The highest BCUT2D eigenvalue weighted by Crippen LogP contribution is 2.13. The molecule has 1 aliphatic rings. The number of nitrogens with one attached hydrogen (secondary N) is 2. The molecule has 0 radical (unpaired) electrons. The van der Waals surface area contributed by atoms with E-state index in [1.807, 2.05) is 30.3 Å². The Morgan fingerprint density at radius 2 is 1.86 bits per heavy atom. The maximum Gasteiger partial charge on any atom is 0.315 e. The molecule has 3 rings (SSSR count). The number of hydrogen-bond donors (Lipinski definition) is 2. The molecule has 0 aliphatic carbocycles. The van der Waals surface area contributed by atoms with E-state index in [1.165, 1.54) is 12.1 Å². The smallest absolute Gasteiger partial charge is 0.315 e. The number of carbonyl (C=O) groups is 1. The topological polar surface area (TPSA) is 62.8 Å². The molecule has 0 saturated carbocycles. The molecule has 2 N–H and O–H groups in total. The number of benzene rings is 2. The Morgan fingerprint density at radius 3 is 2.69 bits per heavy atom. The van der Waals surface area contributed by atoms with Crippen LogP contribution in [0.1, 0.15) is 11.1 Å². The monoisotopic (exact) mass is 401 g/mol. The average Bonchev–Trinajstić information content (AvgIpc) is 2.73. The molecule has 29 heavy (non-hydrogen) atoms. The molecule has 2 aromatic rings. The van der Waals surface area contributed by atoms with Crippen molar-refractivity contribution in [2.75, 3.05) is 46.0 Å². The Labute approximate surface area is 171 Å². The van der Waals surface area contributed by atoms with Gasteiger partial charge in [0.25, 0.3) is 0 Å².